The highest BCUT2D eigenvalue weighted by Crippen LogP contribution is 2.39. The van der Waals surface area contributed by atoms with E-state index in [4.69, 9.17) is 4.74 Å². The fourth-order valence-electron chi connectivity index (χ4n) is 3.44. The molecular weight excluding hydrogens is 372 g/mol. The van der Waals surface area contributed by atoms with E-state index in [9.17, 15) is 9.90 Å². The molecule has 3 aromatic rings. The van der Waals surface area contributed by atoms with E-state index in [2.05, 4.69) is 5.10 Å². The fourth-order valence-corrected chi connectivity index (χ4v) is 4.17. The number of hydrogen-bond donors (Lipinski definition) is 1. The van der Waals surface area contributed by atoms with E-state index >= 15 is 0 Å². The normalized spacial score (nSPS) is 17.4. The summed E-state index contributed by atoms with van der Waals surface area (Å²) in [5.41, 5.74) is 2.28. The minimum atomic E-state index is -0.763. The van der Waals surface area contributed by atoms with Gasteiger partial charge in [-0.1, -0.05) is 54.6 Å². The van der Waals surface area contributed by atoms with E-state index in [0.29, 0.717) is 12.0 Å². The number of hydrazone groups is 1. The zero-order valence-electron chi connectivity index (χ0n) is 15.4. The summed E-state index contributed by atoms with van der Waals surface area (Å²) in [6.07, 6.45) is -0.226. The molecule has 1 amide bonds. The number of aromatic hydroxyl groups is 1. The van der Waals surface area contributed by atoms with Crippen molar-refractivity contribution in [3.63, 3.8) is 0 Å². The van der Waals surface area contributed by atoms with Crippen molar-refractivity contribution in [2.45, 2.75) is 18.6 Å². The van der Waals surface area contributed by atoms with Gasteiger partial charge in [-0.2, -0.15) is 5.10 Å². The molecule has 4 rings (SSSR count). The SMILES string of the molecule is CO[C@H](C(=O)N1N=C(c2cccs2)C[C@@H]1c1ccccc1O)c1ccccc1. The maximum absolute atomic E-state index is 13.4. The van der Waals surface area contributed by atoms with Crippen LogP contribution in [0.1, 0.15) is 34.6 Å². The molecule has 28 heavy (non-hydrogen) atoms. The molecule has 0 saturated heterocycles. The van der Waals surface area contributed by atoms with Gasteiger partial charge in [-0.25, -0.2) is 5.01 Å². The van der Waals surface area contributed by atoms with Crippen molar-refractivity contribution in [3.05, 3.63) is 88.1 Å². The highest BCUT2D eigenvalue weighted by atomic mass is 32.1. The van der Waals surface area contributed by atoms with Gasteiger partial charge in [0.1, 0.15) is 5.75 Å². The van der Waals surface area contributed by atoms with E-state index < -0.39 is 6.10 Å². The van der Waals surface area contributed by atoms with Gasteiger partial charge < -0.3 is 9.84 Å². The Bertz CT molecular complexity index is 986. The van der Waals surface area contributed by atoms with Crippen molar-refractivity contribution in [1.29, 1.82) is 0 Å². The number of methoxy groups -OCH3 is 1. The number of amides is 1. The number of rotatable bonds is 5. The Labute approximate surface area is 167 Å². The van der Waals surface area contributed by atoms with Crippen LogP contribution < -0.4 is 0 Å². The van der Waals surface area contributed by atoms with Crippen molar-refractivity contribution in [2.75, 3.05) is 7.11 Å². The van der Waals surface area contributed by atoms with E-state index in [0.717, 1.165) is 16.2 Å². The first kappa shape index (κ1) is 18.4. The standard InChI is InChI=1S/C22H20N2O3S/c1-27-21(15-8-3-2-4-9-15)22(26)24-18(16-10-5-6-11-19(16)25)14-17(23-24)20-12-7-13-28-20/h2-13,18,21,25H,14H2,1H3/t18-,21+/m1/s1. The highest BCUT2D eigenvalue weighted by Gasteiger charge is 2.38. The Morgan fingerprint density at radius 1 is 1.14 bits per heavy atom. The van der Waals surface area contributed by atoms with Crippen LogP contribution in [0.25, 0.3) is 0 Å². The number of para-hydroxylation sites is 1. The van der Waals surface area contributed by atoms with Gasteiger partial charge in [0.2, 0.25) is 0 Å². The molecular formula is C22H20N2O3S. The molecule has 142 valence electrons. The molecule has 0 radical (unpaired) electrons. The smallest absolute Gasteiger partial charge is 0.276 e. The monoisotopic (exact) mass is 392 g/mol. The number of thiophene rings is 1. The summed E-state index contributed by atoms with van der Waals surface area (Å²) in [5, 5.41) is 18.5. The molecule has 1 aliphatic rings. The second kappa shape index (κ2) is 7.96. The third-order valence-corrected chi connectivity index (χ3v) is 5.72. The Morgan fingerprint density at radius 3 is 2.57 bits per heavy atom. The molecule has 0 saturated carbocycles. The molecule has 2 heterocycles. The molecule has 2 aromatic carbocycles. The van der Waals surface area contributed by atoms with Crippen molar-refractivity contribution in [3.8, 4) is 5.75 Å². The van der Waals surface area contributed by atoms with Crippen LogP contribution in [0.3, 0.4) is 0 Å². The zero-order chi connectivity index (χ0) is 19.5. The van der Waals surface area contributed by atoms with E-state index in [-0.39, 0.29) is 17.7 Å². The molecule has 0 bridgehead atoms. The van der Waals surface area contributed by atoms with Gasteiger partial charge in [-0.3, -0.25) is 4.79 Å². The van der Waals surface area contributed by atoms with Crippen molar-refractivity contribution in [2.24, 2.45) is 5.10 Å². The molecule has 0 unspecified atom stereocenters. The zero-order valence-corrected chi connectivity index (χ0v) is 16.2. The van der Waals surface area contributed by atoms with Gasteiger partial charge >= 0.3 is 0 Å². The summed E-state index contributed by atoms with van der Waals surface area (Å²) in [4.78, 5) is 14.4. The molecule has 0 fully saturated rings. The topological polar surface area (TPSA) is 62.1 Å². The van der Waals surface area contributed by atoms with Crippen molar-refractivity contribution < 1.29 is 14.6 Å². The van der Waals surface area contributed by atoms with Gasteiger partial charge in [0.25, 0.3) is 5.91 Å². The second-order valence-corrected chi connectivity index (χ2v) is 7.46. The Kier molecular flexibility index (Phi) is 5.23. The first-order chi connectivity index (χ1) is 13.7. The van der Waals surface area contributed by atoms with E-state index in [1.54, 1.807) is 23.5 Å². The Morgan fingerprint density at radius 2 is 1.89 bits per heavy atom. The Balaban J connectivity index is 1.73. The average molecular weight is 392 g/mol. The second-order valence-electron chi connectivity index (χ2n) is 6.51. The fraction of sp³-hybridized carbons (Fsp3) is 0.182. The third kappa shape index (κ3) is 3.44. The van der Waals surface area contributed by atoms with Crippen LogP contribution in [0.5, 0.6) is 5.75 Å². The lowest BCUT2D eigenvalue weighted by Gasteiger charge is -2.26. The summed E-state index contributed by atoms with van der Waals surface area (Å²) < 4.78 is 5.53. The van der Waals surface area contributed by atoms with Crippen LogP contribution in [0.15, 0.2) is 77.2 Å². The predicted molar refractivity (Wildman–Crippen MR) is 109 cm³/mol. The number of phenols is 1. The molecule has 1 N–H and O–H groups in total. The number of ether oxygens (including phenoxy) is 1. The lowest BCUT2D eigenvalue weighted by molar-refractivity contribution is -0.144. The third-order valence-electron chi connectivity index (χ3n) is 4.80. The van der Waals surface area contributed by atoms with Crippen LogP contribution in [0, 0.1) is 0 Å². The van der Waals surface area contributed by atoms with Crippen LogP contribution in [0.4, 0.5) is 0 Å². The molecule has 2 atom stereocenters. The summed E-state index contributed by atoms with van der Waals surface area (Å²) >= 11 is 1.58. The minimum Gasteiger partial charge on any atom is -0.508 e. The number of hydrogen-bond acceptors (Lipinski definition) is 5. The first-order valence-electron chi connectivity index (χ1n) is 8.99. The van der Waals surface area contributed by atoms with Gasteiger partial charge in [0, 0.05) is 19.1 Å². The lowest BCUT2D eigenvalue weighted by atomic mass is 9.99. The highest BCUT2D eigenvalue weighted by molar-refractivity contribution is 7.12. The van der Waals surface area contributed by atoms with Gasteiger partial charge in [0.05, 0.1) is 16.6 Å². The quantitative estimate of drug-likeness (QED) is 0.694. The lowest BCUT2D eigenvalue weighted by Crippen LogP contribution is -2.32. The molecule has 1 aliphatic heterocycles. The number of benzene rings is 2. The summed E-state index contributed by atoms with van der Waals surface area (Å²) in [6.45, 7) is 0. The Hall–Kier alpha value is -2.96. The summed E-state index contributed by atoms with van der Waals surface area (Å²) in [5.74, 6) is -0.102. The minimum absolute atomic E-state index is 0.154. The van der Waals surface area contributed by atoms with Crippen LogP contribution in [-0.4, -0.2) is 28.8 Å². The number of phenolic OH excluding ortho intramolecular Hbond substituents is 1. The van der Waals surface area contributed by atoms with Crippen LogP contribution in [-0.2, 0) is 9.53 Å². The van der Waals surface area contributed by atoms with Crippen molar-refractivity contribution >= 4 is 23.0 Å². The van der Waals surface area contributed by atoms with Crippen LogP contribution in [0.2, 0.25) is 0 Å². The predicted octanol–water partition coefficient (Wildman–Crippen LogP) is 4.52. The largest absolute Gasteiger partial charge is 0.508 e. The van der Waals surface area contributed by atoms with E-state index in [1.807, 2.05) is 60.0 Å². The molecule has 6 heteroatoms. The molecule has 0 aliphatic carbocycles. The number of nitrogens with zero attached hydrogens (tertiary/aromatic N) is 2. The summed E-state index contributed by atoms with van der Waals surface area (Å²) in [7, 11) is 1.52. The van der Waals surface area contributed by atoms with Gasteiger partial charge in [-0.05, 0) is 23.1 Å². The number of carbonyl (C=O) groups excluding carboxylic acids is 1. The van der Waals surface area contributed by atoms with Crippen molar-refractivity contribution in [1.82, 2.24) is 5.01 Å². The van der Waals surface area contributed by atoms with Gasteiger partial charge in [-0.15, -0.1) is 11.3 Å². The molecule has 1 aromatic heterocycles. The number of carbonyl (C=O) groups is 1. The van der Waals surface area contributed by atoms with Gasteiger partial charge in [0.15, 0.2) is 6.10 Å². The summed E-state index contributed by atoms with van der Waals surface area (Å²) in [6, 6.07) is 20.0. The first-order valence-corrected chi connectivity index (χ1v) is 9.87. The molecule has 5 nitrogen and oxygen atoms in total. The maximum atomic E-state index is 13.4. The molecule has 0 spiro atoms. The maximum Gasteiger partial charge on any atom is 0.276 e. The van der Waals surface area contributed by atoms with E-state index in [1.165, 1.54) is 12.1 Å². The average Bonchev–Trinajstić information content (AvgIpc) is 3.40. The van der Waals surface area contributed by atoms with Crippen LogP contribution >= 0.6 is 11.3 Å².